The Kier molecular flexibility index (Phi) is 15.6. The molecule has 0 fully saturated rings. The van der Waals surface area contributed by atoms with Gasteiger partial charge in [-0.1, -0.05) is 91.4 Å². The second-order valence-corrected chi connectivity index (χ2v) is 10.9. The summed E-state index contributed by atoms with van der Waals surface area (Å²) >= 11 is 0. The van der Waals surface area contributed by atoms with Gasteiger partial charge in [0.05, 0.1) is 30.9 Å². The second kappa shape index (κ2) is 19.7. The van der Waals surface area contributed by atoms with Crippen LogP contribution in [0.1, 0.15) is 111 Å². The first-order valence-corrected chi connectivity index (χ1v) is 16.2. The quantitative estimate of drug-likeness (QED) is 0.119. The van der Waals surface area contributed by atoms with Crippen LogP contribution in [0.5, 0.6) is 23.0 Å². The molecule has 0 aliphatic heterocycles. The van der Waals surface area contributed by atoms with E-state index in [2.05, 4.69) is 30.7 Å². The van der Waals surface area contributed by atoms with Crippen LogP contribution < -0.4 is 14.2 Å². The molecule has 0 aliphatic rings. The Morgan fingerprint density at radius 2 is 1.05 bits per heavy atom. The van der Waals surface area contributed by atoms with E-state index in [1.54, 1.807) is 12.1 Å². The highest BCUT2D eigenvalue weighted by molar-refractivity contribution is 5.70. The predicted molar refractivity (Wildman–Crippen MR) is 171 cm³/mol. The van der Waals surface area contributed by atoms with Gasteiger partial charge in [-0.2, -0.15) is 0 Å². The molecule has 42 heavy (non-hydrogen) atoms. The first-order valence-electron chi connectivity index (χ1n) is 16.2. The fraction of sp³-hybridized carbons (Fsp3) is 0.571. The highest BCUT2D eigenvalue weighted by Gasteiger charge is 2.15. The van der Waals surface area contributed by atoms with Gasteiger partial charge in [-0.25, -0.2) is 15.0 Å². The Morgan fingerprint density at radius 3 is 1.67 bits per heavy atom. The summed E-state index contributed by atoms with van der Waals surface area (Å²) in [5.74, 6) is 3.06. The molecule has 1 heterocycles. The first-order chi connectivity index (χ1) is 20.7. The van der Waals surface area contributed by atoms with Crippen LogP contribution in [-0.4, -0.2) is 39.9 Å². The summed E-state index contributed by atoms with van der Waals surface area (Å²) < 4.78 is 18.1. The van der Waals surface area contributed by atoms with Crippen molar-refractivity contribution in [3.05, 3.63) is 42.7 Å². The number of hydrogen-bond donors (Lipinski definition) is 1. The predicted octanol–water partition coefficient (Wildman–Crippen LogP) is 9.57. The summed E-state index contributed by atoms with van der Waals surface area (Å²) in [5.41, 5.74) is 1.30. The van der Waals surface area contributed by atoms with E-state index in [0.29, 0.717) is 48.5 Å². The Labute approximate surface area is 253 Å². The van der Waals surface area contributed by atoms with E-state index in [4.69, 9.17) is 19.2 Å². The normalized spacial score (nSPS) is 11.0. The molecule has 0 aliphatic carbocycles. The zero-order valence-corrected chi connectivity index (χ0v) is 26.1. The van der Waals surface area contributed by atoms with Crippen molar-refractivity contribution < 1.29 is 19.3 Å². The number of hydrogen-bond acceptors (Lipinski definition) is 7. The minimum absolute atomic E-state index is 0.0686. The van der Waals surface area contributed by atoms with Gasteiger partial charge in [-0.05, 0) is 43.5 Å². The van der Waals surface area contributed by atoms with Crippen molar-refractivity contribution in [3.63, 3.8) is 0 Å². The minimum atomic E-state index is 0.0686. The van der Waals surface area contributed by atoms with E-state index >= 15 is 0 Å². The molecule has 0 saturated carbocycles. The molecule has 7 heteroatoms. The molecule has 0 bridgehead atoms. The van der Waals surface area contributed by atoms with Crippen LogP contribution in [-0.2, 0) is 0 Å². The SMILES string of the molecule is CCCCCCCCOc1ccc(-c2ncnc(-c3ccc(OCCCC)cc3O)n2)c(OCCCCCCCC)c1. The molecule has 7 nitrogen and oxygen atoms in total. The lowest BCUT2D eigenvalue weighted by Crippen LogP contribution is -2.03. The van der Waals surface area contributed by atoms with Crippen LogP contribution in [0.2, 0.25) is 0 Å². The van der Waals surface area contributed by atoms with Crippen molar-refractivity contribution in [3.8, 4) is 45.8 Å². The molecule has 0 unspecified atom stereocenters. The molecule has 230 valence electrons. The molecule has 0 atom stereocenters. The minimum Gasteiger partial charge on any atom is -0.507 e. The van der Waals surface area contributed by atoms with Gasteiger partial charge in [0.2, 0.25) is 0 Å². The molecule has 1 N–H and O–H groups in total. The third-order valence-corrected chi connectivity index (χ3v) is 7.26. The Bertz CT molecular complexity index is 1170. The van der Waals surface area contributed by atoms with Crippen molar-refractivity contribution in [2.24, 2.45) is 0 Å². The van der Waals surface area contributed by atoms with E-state index in [0.717, 1.165) is 43.4 Å². The lowest BCUT2D eigenvalue weighted by molar-refractivity contribution is 0.290. The number of ether oxygens (including phenoxy) is 3. The van der Waals surface area contributed by atoms with Crippen molar-refractivity contribution in [2.45, 2.75) is 111 Å². The number of phenolic OH excluding ortho intramolecular Hbond substituents is 1. The number of nitrogens with zero attached hydrogens (tertiary/aromatic N) is 3. The third-order valence-electron chi connectivity index (χ3n) is 7.26. The fourth-order valence-electron chi connectivity index (χ4n) is 4.71. The summed E-state index contributed by atoms with van der Waals surface area (Å²) in [4.78, 5) is 13.5. The van der Waals surface area contributed by atoms with E-state index in [1.165, 1.54) is 64.1 Å². The number of aromatic hydroxyl groups is 1. The van der Waals surface area contributed by atoms with Crippen LogP contribution >= 0.6 is 0 Å². The molecule has 0 spiro atoms. The van der Waals surface area contributed by atoms with E-state index in [1.807, 2.05) is 24.3 Å². The number of aromatic nitrogens is 3. The molecule has 0 amide bonds. The average Bonchev–Trinajstić information content (AvgIpc) is 3.00. The fourth-order valence-corrected chi connectivity index (χ4v) is 4.71. The van der Waals surface area contributed by atoms with Crippen molar-refractivity contribution in [1.29, 1.82) is 0 Å². The van der Waals surface area contributed by atoms with Gasteiger partial charge >= 0.3 is 0 Å². The van der Waals surface area contributed by atoms with Crippen LogP contribution in [0.15, 0.2) is 42.7 Å². The van der Waals surface area contributed by atoms with E-state index in [-0.39, 0.29) is 5.75 Å². The lowest BCUT2D eigenvalue weighted by atomic mass is 10.1. The van der Waals surface area contributed by atoms with Crippen LogP contribution in [0.25, 0.3) is 22.8 Å². The van der Waals surface area contributed by atoms with Crippen molar-refractivity contribution in [2.75, 3.05) is 19.8 Å². The maximum Gasteiger partial charge on any atom is 0.167 e. The number of phenols is 1. The summed E-state index contributed by atoms with van der Waals surface area (Å²) in [6.07, 6.45) is 18.0. The molecular weight excluding hydrogens is 526 g/mol. The number of rotatable bonds is 22. The topological polar surface area (TPSA) is 86.6 Å². The van der Waals surface area contributed by atoms with Crippen LogP contribution in [0.4, 0.5) is 0 Å². The van der Waals surface area contributed by atoms with Gasteiger partial charge in [-0.3, -0.25) is 0 Å². The summed E-state index contributed by atoms with van der Waals surface area (Å²) in [6, 6.07) is 11.1. The van der Waals surface area contributed by atoms with Gasteiger partial charge in [0.25, 0.3) is 0 Å². The standard InChI is InChI=1S/C35H51N3O4/c1-4-7-10-12-14-16-23-41-29-19-21-31(33(26-29)42-24-17-15-13-11-8-5-2)35-37-27-36-34(38-35)30-20-18-28(25-32(30)39)40-22-9-6-3/h18-21,25-27,39H,4-17,22-24H2,1-3H3. The third kappa shape index (κ3) is 11.5. The molecular formula is C35H51N3O4. The van der Waals surface area contributed by atoms with Gasteiger partial charge < -0.3 is 19.3 Å². The number of unbranched alkanes of at least 4 members (excludes halogenated alkanes) is 11. The summed E-state index contributed by atoms with van der Waals surface area (Å²) in [7, 11) is 0. The molecule has 0 radical (unpaired) electrons. The van der Waals surface area contributed by atoms with Gasteiger partial charge in [0.15, 0.2) is 11.6 Å². The Hall–Kier alpha value is -3.35. The van der Waals surface area contributed by atoms with E-state index < -0.39 is 0 Å². The molecule has 3 aromatic rings. The maximum atomic E-state index is 10.7. The van der Waals surface area contributed by atoms with Crippen molar-refractivity contribution in [1.82, 2.24) is 15.0 Å². The molecule has 2 aromatic carbocycles. The van der Waals surface area contributed by atoms with Gasteiger partial charge in [0, 0.05) is 12.1 Å². The number of benzene rings is 2. The van der Waals surface area contributed by atoms with Crippen LogP contribution in [0, 0.1) is 0 Å². The second-order valence-electron chi connectivity index (χ2n) is 10.9. The summed E-state index contributed by atoms with van der Waals surface area (Å²) in [5, 5.41) is 10.7. The van der Waals surface area contributed by atoms with Gasteiger partial charge in [0.1, 0.15) is 29.3 Å². The first kappa shape index (κ1) is 33.2. The largest absolute Gasteiger partial charge is 0.507 e. The Balaban J connectivity index is 1.73. The monoisotopic (exact) mass is 577 g/mol. The summed E-state index contributed by atoms with van der Waals surface area (Å²) in [6.45, 7) is 8.52. The van der Waals surface area contributed by atoms with Crippen molar-refractivity contribution >= 4 is 0 Å². The highest BCUT2D eigenvalue weighted by Crippen LogP contribution is 2.35. The van der Waals surface area contributed by atoms with Crippen LogP contribution in [0.3, 0.4) is 0 Å². The average molecular weight is 578 g/mol. The zero-order chi connectivity index (χ0) is 29.8. The smallest absolute Gasteiger partial charge is 0.167 e. The van der Waals surface area contributed by atoms with E-state index in [9.17, 15) is 5.11 Å². The lowest BCUT2D eigenvalue weighted by Gasteiger charge is -2.14. The maximum absolute atomic E-state index is 10.7. The molecule has 1 aromatic heterocycles. The zero-order valence-electron chi connectivity index (χ0n) is 26.1. The molecule has 0 saturated heterocycles. The Morgan fingerprint density at radius 1 is 0.548 bits per heavy atom. The van der Waals surface area contributed by atoms with Gasteiger partial charge in [-0.15, -0.1) is 0 Å². The molecule has 3 rings (SSSR count). The highest BCUT2D eigenvalue weighted by atomic mass is 16.5.